The molecule has 1 aromatic carbocycles. The molecule has 2 aromatic heterocycles. The van der Waals surface area contributed by atoms with Gasteiger partial charge in [0.1, 0.15) is 11.4 Å². The second-order valence-electron chi connectivity index (χ2n) is 7.06. The largest absolute Gasteiger partial charge is 0.495 e. The first-order valence-corrected chi connectivity index (χ1v) is 10.0. The molecular weight excluding hydrogens is 410 g/mol. The highest BCUT2D eigenvalue weighted by Gasteiger charge is 2.19. The number of rotatable bonds is 9. The van der Waals surface area contributed by atoms with E-state index in [4.69, 9.17) is 14.9 Å². The van der Waals surface area contributed by atoms with Crippen LogP contribution in [0.1, 0.15) is 29.8 Å². The van der Waals surface area contributed by atoms with E-state index in [1.807, 2.05) is 13.8 Å². The van der Waals surface area contributed by atoms with E-state index in [0.717, 1.165) is 11.3 Å². The third kappa shape index (κ3) is 4.64. The first-order chi connectivity index (χ1) is 15.4. The molecule has 0 radical (unpaired) electrons. The fourth-order valence-electron chi connectivity index (χ4n) is 3.17. The number of aromatic amines is 1. The lowest BCUT2D eigenvalue weighted by atomic mass is 10.1. The highest BCUT2D eigenvalue weighted by atomic mass is 16.5. The van der Waals surface area contributed by atoms with Gasteiger partial charge in [0.25, 0.3) is 5.91 Å². The van der Waals surface area contributed by atoms with E-state index in [1.165, 1.54) is 13.3 Å². The first-order valence-electron chi connectivity index (χ1n) is 10.0. The molecule has 10 heteroatoms. The number of H-pyrrole nitrogens is 1. The van der Waals surface area contributed by atoms with Crippen LogP contribution in [0.3, 0.4) is 0 Å². The Balaban J connectivity index is 2.08. The molecule has 0 fully saturated rings. The third-order valence-corrected chi connectivity index (χ3v) is 4.59. The van der Waals surface area contributed by atoms with Crippen molar-refractivity contribution in [2.45, 2.75) is 20.0 Å². The maximum atomic E-state index is 11.9. The number of ether oxygens (including phenoxy) is 2. The lowest BCUT2D eigenvalue weighted by molar-refractivity contribution is 0.0962. The van der Waals surface area contributed by atoms with E-state index < -0.39 is 0 Å². The number of amides is 1. The minimum absolute atomic E-state index is 0.116. The summed E-state index contributed by atoms with van der Waals surface area (Å²) in [4.78, 5) is 24.2. The summed E-state index contributed by atoms with van der Waals surface area (Å²) in [5.74, 6) is 0.961. The number of fused-ring (bicyclic) bond motifs is 1. The molecule has 1 amide bonds. The van der Waals surface area contributed by atoms with Crippen LogP contribution in [-0.4, -0.2) is 54.4 Å². The Morgan fingerprint density at radius 2 is 2.00 bits per heavy atom. The lowest BCUT2D eigenvalue weighted by Gasteiger charge is -2.15. The standard InChI is InChI=1S/C22H27N7O3/c1-12(2)32-21-18-14(15(24-3)8-9-23)11-26-19(18)28-22(29-21)27-16-7-6-13(20(30)25-4)10-17(16)31-5/h6-12,23-24H,1-5H3,(H,25,30)(H2,26,27,28,29)/b15-8-,23-9?. The molecule has 3 rings (SSSR count). The molecule has 3 aromatic rings. The van der Waals surface area contributed by atoms with E-state index >= 15 is 0 Å². The fraction of sp³-hybridized carbons (Fsp3) is 0.273. The van der Waals surface area contributed by atoms with Gasteiger partial charge >= 0.3 is 0 Å². The number of carbonyl (C=O) groups is 1. The lowest BCUT2D eigenvalue weighted by Crippen LogP contribution is -2.17. The van der Waals surface area contributed by atoms with Gasteiger partial charge in [0.2, 0.25) is 11.8 Å². The minimum Gasteiger partial charge on any atom is -0.495 e. The summed E-state index contributed by atoms with van der Waals surface area (Å²) in [6, 6.07) is 5.05. The second-order valence-corrected chi connectivity index (χ2v) is 7.06. The topological polar surface area (TPSA) is 137 Å². The summed E-state index contributed by atoms with van der Waals surface area (Å²) in [5, 5.41) is 16.9. The number of methoxy groups -OCH3 is 1. The highest BCUT2D eigenvalue weighted by Crippen LogP contribution is 2.33. The summed E-state index contributed by atoms with van der Waals surface area (Å²) >= 11 is 0. The zero-order chi connectivity index (χ0) is 23.3. The van der Waals surface area contributed by atoms with Crippen molar-refractivity contribution >= 4 is 40.5 Å². The predicted molar refractivity (Wildman–Crippen MR) is 125 cm³/mol. The predicted octanol–water partition coefficient (Wildman–Crippen LogP) is 3.07. The van der Waals surface area contributed by atoms with E-state index in [1.54, 1.807) is 44.6 Å². The van der Waals surface area contributed by atoms with Gasteiger partial charge in [0.05, 0.1) is 24.3 Å². The van der Waals surface area contributed by atoms with Gasteiger partial charge < -0.3 is 35.8 Å². The van der Waals surface area contributed by atoms with Crippen LogP contribution >= 0.6 is 0 Å². The van der Waals surface area contributed by atoms with Crippen molar-refractivity contribution in [2.24, 2.45) is 0 Å². The summed E-state index contributed by atoms with van der Waals surface area (Å²) in [7, 11) is 4.88. The summed E-state index contributed by atoms with van der Waals surface area (Å²) in [6.07, 6.45) is 4.53. The zero-order valence-electron chi connectivity index (χ0n) is 18.7. The van der Waals surface area contributed by atoms with Gasteiger partial charge in [0.15, 0.2) is 0 Å². The van der Waals surface area contributed by atoms with Crippen LogP contribution in [0.15, 0.2) is 30.5 Å². The summed E-state index contributed by atoms with van der Waals surface area (Å²) in [6.45, 7) is 3.83. The molecule has 0 bridgehead atoms. The van der Waals surface area contributed by atoms with Gasteiger partial charge in [-0.2, -0.15) is 9.97 Å². The Labute approximate surface area is 186 Å². The first kappa shape index (κ1) is 22.6. The molecular formula is C22H27N7O3. The van der Waals surface area contributed by atoms with Gasteiger partial charge in [-0.3, -0.25) is 4.79 Å². The van der Waals surface area contributed by atoms with Crippen molar-refractivity contribution in [2.75, 3.05) is 26.5 Å². The fourth-order valence-corrected chi connectivity index (χ4v) is 3.17. The number of nitrogens with one attached hydrogen (secondary N) is 5. The van der Waals surface area contributed by atoms with Crippen molar-refractivity contribution in [3.63, 3.8) is 0 Å². The molecule has 5 N–H and O–H groups in total. The molecule has 0 aliphatic carbocycles. The van der Waals surface area contributed by atoms with Gasteiger partial charge in [-0.1, -0.05) is 0 Å². The van der Waals surface area contributed by atoms with Gasteiger partial charge in [-0.15, -0.1) is 0 Å². The number of aromatic nitrogens is 3. The van der Waals surface area contributed by atoms with Crippen molar-refractivity contribution < 1.29 is 14.3 Å². The Bertz CT molecular complexity index is 1170. The normalized spacial score (nSPS) is 11.4. The number of carbonyl (C=O) groups excluding carboxylic acids is 1. The van der Waals surface area contributed by atoms with Gasteiger partial charge in [-0.05, 0) is 38.1 Å². The smallest absolute Gasteiger partial charge is 0.251 e. The van der Waals surface area contributed by atoms with E-state index in [2.05, 4.69) is 30.9 Å². The average Bonchev–Trinajstić information content (AvgIpc) is 3.20. The number of hydrogen-bond donors (Lipinski definition) is 5. The van der Waals surface area contributed by atoms with Crippen LogP contribution < -0.4 is 25.4 Å². The molecule has 2 heterocycles. The number of benzene rings is 1. The molecule has 10 nitrogen and oxygen atoms in total. The maximum Gasteiger partial charge on any atom is 0.251 e. The van der Waals surface area contributed by atoms with Crippen LogP contribution in [0.4, 0.5) is 11.6 Å². The Morgan fingerprint density at radius 1 is 1.22 bits per heavy atom. The number of nitrogens with zero attached hydrogens (tertiary/aromatic N) is 2. The van der Waals surface area contributed by atoms with Crippen LogP contribution in [-0.2, 0) is 0 Å². The molecule has 0 unspecified atom stereocenters. The molecule has 0 aliphatic rings. The van der Waals surface area contributed by atoms with Crippen LogP contribution in [0.25, 0.3) is 16.7 Å². The summed E-state index contributed by atoms with van der Waals surface area (Å²) in [5.41, 5.74) is 3.17. The van der Waals surface area contributed by atoms with Crippen LogP contribution in [0.5, 0.6) is 11.6 Å². The molecule has 0 saturated carbocycles. The zero-order valence-corrected chi connectivity index (χ0v) is 18.7. The SMILES string of the molecule is CNC(=O)c1ccc(Nc2nc(OC(C)C)c3c(/C(=C/C=N)NC)c[nH]c3n2)c(OC)c1. The molecule has 0 saturated heterocycles. The molecule has 0 aliphatic heterocycles. The maximum absolute atomic E-state index is 11.9. The second kappa shape index (κ2) is 9.82. The Hall–Kier alpha value is -4.08. The molecule has 168 valence electrons. The van der Waals surface area contributed by atoms with E-state index in [9.17, 15) is 4.79 Å². The monoisotopic (exact) mass is 437 g/mol. The van der Waals surface area contributed by atoms with Crippen molar-refractivity contribution in [1.29, 1.82) is 5.41 Å². The Morgan fingerprint density at radius 3 is 2.62 bits per heavy atom. The molecule has 32 heavy (non-hydrogen) atoms. The van der Waals surface area contributed by atoms with Crippen molar-refractivity contribution in [3.05, 3.63) is 41.6 Å². The number of allylic oxidation sites excluding steroid dienone is 1. The van der Waals surface area contributed by atoms with Crippen LogP contribution in [0, 0.1) is 5.41 Å². The number of hydrogen-bond acceptors (Lipinski definition) is 8. The quantitative estimate of drug-likeness (QED) is 0.324. The molecule has 0 atom stereocenters. The molecule has 0 spiro atoms. The summed E-state index contributed by atoms with van der Waals surface area (Å²) < 4.78 is 11.4. The average molecular weight is 438 g/mol. The van der Waals surface area contributed by atoms with Crippen molar-refractivity contribution in [1.82, 2.24) is 25.6 Å². The number of anilines is 2. The third-order valence-electron chi connectivity index (χ3n) is 4.59. The van der Waals surface area contributed by atoms with E-state index in [-0.39, 0.29) is 12.0 Å². The highest BCUT2D eigenvalue weighted by molar-refractivity contribution is 5.97. The minimum atomic E-state index is -0.211. The Kier molecular flexibility index (Phi) is 6.93. The van der Waals surface area contributed by atoms with Gasteiger partial charge in [-0.25, -0.2) is 0 Å². The van der Waals surface area contributed by atoms with Gasteiger partial charge in [0, 0.05) is 43.3 Å². The van der Waals surface area contributed by atoms with Crippen LogP contribution in [0.2, 0.25) is 0 Å². The van der Waals surface area contributed by atoms with Crippen molar-refractivity contribution in [3.8, 4) is 11.6 Å². The van der Waals surface area contributed by atoms with E-state index in [0.29, 0.717) is 39.9 Å².